The van der Waals surface area contributed by atoms with Crippen LogP contribution in [0.1, 0.15) is 73.6 Å². The number of hydrogen-bond donors (Lipinski definition) is 0. The van der Waals surface area contributed by atoms with Gasteiger partial charge in [0.05, 0.1) is 0 Å². The van der Waals surface area contributed by atoms with E-state index >= 15 is 0 Å². The minimum atomic E-state index is -0.975. The molecule has 1 aliphatic rings. The first-order valence-electron chi connectivity index (χ1n) is 8.44. The summed E-state index contributed by atoms with van der Waals surface area (Å²) >= 11 is 0. The number of rotatable bonds is 6. The van der Waals surface area contributed by atoms with Crippen molar-refractivity contribution in [2.24, 2.45) is 23.2 Å². The fourth-order valence-electron chi connectivity index (χ4n) is 3.44. The van der Waals surface area contributed by atoms with Crippen molar-refractivity contribution >= 4 is 11.8 Å². The van der Waals surface area contributed by atoms with Gasteiger partial charge in [-0.3, -0.25) is 9.59 Å². The zero-order valence-corrected chi connectivity index (χ0v) is 14.6. The van der Waals surface area contributed by atoms with Gasteiger partial charge in [-0.15, -0.1) is 0 Å². The summed E-state index contributed by atoms with van der Waals surface area (Å²) in [7, 11) is 0. The summed E-state index contributed by atoms with van der Waals surface area (Å²) in [4.78, 5) is 24.5. The van der Waals surface area contributed by atoms with E-state index in [0.29, 0.717) is 24.2 Å². The zero-order chi connectivity index (χ0) is 16.2. The lowest BCUT2D eigenvalue weighted by Gasteiger charge is -2.38. The first-order chi connectivity index (χ1) is 9.72. The standard InChI is InChI=1S/C18H32O3/c1-7-10-18(6,14(5)19)17(20)21-16-11-13(4)8-9-15(16)12(2)3/h12-13,15-16H,7-11H2,1-6H3. The number of ether oxygens (including phenoxy) is 1. The number of Topliss-reactive ketones (excluding diaryl/α,β-unsaturated/α-hetero) is 1. The van der Waals surface area contributed by atoms with Gasteiger partial charge >= 0.3 is 5.97 Å². The van der Waals surface area contributed by atoms with Gasteiger partial charge in [0.15, 0.2) is 0 Å². The molecule has 122 valence electrons. The van der Waals surface area contributed by atoms with Crippen molar-refractivity contribution in [3.8, 4) is 0 Å². The molecule has 0 amide bonds. The molecule has 0 aromatic rings. The van der Waals surface area contributed by atoms with Crippen LogP contribution in [0.3, 0.4) is 0 Å². The number of carbonyl (C=O) groups is 2. The fourth-order valence-corrected chi connectivity index (χ4v) is 3.44. The molecule has 0 spiro atoms. The topological polar surface area (TPSA) is 43.4 Å². The highest BCUT2D eigenvalue weighted by molar-refractivity contribution is 6.02. The number of carbonyl (C=O) groups excluding carboxylic acids is 2. The Balaban J connectivity index is 2.84. The summed E-state index contributed by atoms with van der Waals surface area (Å²) in [6.45, 7) is 11.8. The van der Waals surface area contributed by atoms with Gasteiger partial charge in [-0.05, 0) is 50.9 Å². The quantitative estimate of drug-likeness (QED) is 0.539. The monoisotopic (exact) mass is 296 g/mol. The smallest absolute Gasteiger partial charge is 0.319 e. The van der Waals surface area contributed by atoms with Crippen molar-refractivity contribution in [3.05, 3.63) is 0 Å². The van der Waals surface area contributed by atoms with E-state index in [2.05, 4.69) is 20.8 Å². The van der Waals surface area contributed by atoms with E-state index in [9.17, 15) is 9.59 Å². The molecule has 0 heterocycles. The number of hydrogen-bond acceptors (Lipinski definition) is 3. The molecule has 4 atom stereocenters. The van der Waals surface area contributed by atoms with Crippen LogP contribution < -0.4 is 0 Å². The molecule has 3 nitrogen and oxygen atoms in total. The molecular weight excluding hydrogens is 264 g/mol. The van der Waals surface area contributed by atoms with E-state index in [0.717, 1.165) is 19.3 Å². The van der Waals surface area contributed by atoms with Crippen molar-refractivity contribution in [2.75, 3.05) is 0 Å². The Bertz CT molecular complexity index is 375. The van der Waals surface area contributed by atoms with Crippen LogP contribution >= 0.6 is 0 Å². The average Bonchev–Trinajstić information content (AvgIpc) is 2.38. The Hall–Kier alpha value is -0.860. The highest BCUT2D eigenvalue weighted by Gasteiger charge is 2.42. The predicted octanol–water partition coefficient (Wildman–Crippen LogP) is 4.39. The highest BCUT2D eigenvalue weighted by Crippen LogP contribution is 2.37. The van der Waals surface area contributed by atoms with Crippen LogP contribution in [0.15, 0.2) is 0 Å². The summed E-state index contributed by atoms with van der Waals surface area (Å²) in [6, 6.07) is 0. The first kappa shape index (κ1) is 18.2. The van der Waals surface area contributed by atoms with Crippen LogP contribution in [-0.4, -0.2) is 17.9 Å². The van der Waals surface area contributed by atoms with Crippen LogP contribution in [0.2, 0.25) is 0 Å². The van der Waals surface area contributed by atoms with Crippen molar-refractivity contribution in [1.82, 2.24) is 0 Å². The van der Waals surface area contributed by atoms with E-state index in [4.69, 9.17) is 4.74 Å². The van der Waals surface area contributed by atoms with E-state index in [1.165, 1.54) is 13.3 Å². The molecule has 0 aromatic heterocycles. The summed E-state index contributed by atoms with van der Waals surface area (Å²) in [5.74, 6) is 1.11. The van der Waals surface area contributed by atoms with Crippen LogP contribution in [-0.2, 0) is 14.3 Å². The molecule has 3 heteroatoms. The molecule has 0 N–H and O–H groups in total. The molecule has 4 unspecified atom stereocenters. The van der Waals surface area contributed by atoms with Crippen LogP contribution in [0.25, 0.3) is 0 Å². The van der Waals surface area contributed by atoms with E-state index in [-0.39, 0.29) is 17.9 Å². The Labute approximate surface area is 129 Å². The SMILES string of the molecule is CCCC(C)(C(C)=O)C(=O)OC1CC(C)CCC1C(C)C. The highest BCUT2D eigenvalue weighted by atomic mass is 16.5. The molecule has 1 fully saturated rings. The minimum Gasteiger partial charge on any atom is -0.461 e. The van der Waals surface area contributed by atoms with Gasteiger partial charge in [0.25, 0.3) is 0 Å². The average molecular weight is 296 g/mol. The molecule has 0 saturated heterocycles. The second kappa shape index (κ2) is 7.42. The largest absolute Gasteiger partial charge is 0.461 e. The summed E-state index contributed by atoms with van der Waals surface area (Å²) in [5, 5.41) is 0. The second-order valence-electron chi connectivity index (χ2n) is 7.41. The maximum Gasteiger partial charge on any atom is 0.319 e. The van der Waals surface area contributed by atoms with Gasteiger partial charge in [-0.25, -0.2) is 0 Å². The maximum absolute atomic E-state index is 12.6. The Kier molecular flexibility index (Phi) is 6.42. The molecule has 0 aliphatic heterocycles. The third kappa shape index (κ3) is 4.31. The second-order valence-corrected chi connectivity index (χ2v) is 7.41. The molecular formula is C18H32O3. The Morgan fingerprint density at radius 1 is 1.29 bits per heavy atom. The van der Waals surface area contributed by atoms with Gasteiger partial charge < -0.3 is 4.74 Å². The van der Waals surface area contributed by atoms with Crippen molar-refractivity contribution < 1.29 is 14.3 Å². The van der Waals surface area contributed by atoms with Crippen molar-refractivity contribution in [1.29, 1.82) is 0 Å². The summed E-state index contributed by atoms with van der Waals surface area (Å²) in [5.41, 5.74) is -0.975. The molecule has 1 saturated carbocycles. The van der Waals surface area contributed by atoms with Gasteiger partial charge in [-0.2, -0.15) is 0 Å². The zero-order valence-electron chi connectivity index (χ0n) is 14.6. The van der Waals surface area contributed by atoms with Crippen molar-refractivity contribution in [3.63, 3.8) is 0 Å². The van der Waals surface area contributed by atoms with Gasteiger partial charge in [-0.1, -0.05) is 40.5 Å². The molecule has 1 rings (SSSR count). The third-order valence-electron chi connectivity index (χ3n) is 5.20. The van der Waals surface area contributed by atoms with Gasteiger partial charge in [0.2, 0.25) is 0 Å². The number of esters is 1. The lowest BCUT2D eigenvalue weighted by molar-refractivity contribution is -0.170. The molecule has 0 radical (unpaired) electrons. The van der Waals surface area contributed by atoms with Crippen LogP contribution in [0.5, 0.6) is 0 Å². The van der Waals surface area contributed by atoms with Crippen LogP contribution in [0, 0.1) is 23.2 Å². The van der Waals surface area contributed by atoms with Crippen LogP contribution in [0.4, 0.5) is 0 Å². The molecule has 1 aliphatic carbocycles. The molecule has 21 heavy (non-hydrogen) atoms. The van der Waals surface area contributed by atoms with E-state index < -0.39 is 5.41 Å². The lowest BCUT2D eigenvalue weighted by Crippen LogP contribution is -2.42. The van der Waals surface area contributed by atoms with Gasteiger partial charge in [0, 0.05) is 0 Å². The first-order valence-corrected chi connectivity index (χ1v) is 8.44. The number of ketones is 1. The minimum absolute atomic E-state index is 0.0308. The van der Waals surface area contributed by atoms with E-state index in [1.807, 2.05) is 6.92 Å². The molecule has 0 bridgehead atoms. The van der Waals surface area contributed by atoms with Crippen molar-refractivity contribution in [2.45, 2.75) is 79.8 Å². The van der Waals surface area contributed by atoms with Gasteiger partial charge in [0.1, 0.15) is 17.3 Å². The van der Waals surface area contributed by atoms with E-state index in [1.54, 1.807) is 6.92 Å². The Morgan fingerprint density at radius 3 is 2.38 bits per heavy atom. The maximum atomic E-state index is 12.6. The lowest BCUT2D eigenvalue weighted by atomic mass is 9.75. The molecule has 0 aromatic carbocycles. The fraction of sp³-hybridized carbons (Fsp3) is 0.889. The predicted molar refractivity (Wildman–Crippen MR) is 84.9 cm³/mol. The summed E-state index contributed by atoms with van der Waals surface area (Å²) < 4.78 is 5.85. The third-order valence-corrected chi connectivity index (χ3v) is 5.20. The summed E-state index contributed by atoms with van der Waals surface area (Å²) in [6.07, 6.45) is 4.58. The Morgan fingerprint density at radius 2 is 1.90 bits per heavy atom. The normalized spacial score (nSPS) is 29.0.